The van der Waals surface area contributed by atoms with Crippen molar-refractivity contribution in [2.45, 2.75) is 24.2 Å². The fraction of sp³-hybridized carbons (Fsp3) is 0.200. The van der Waals surface area contributed by atoms with E-state index in [4.69, 9.17) is 0 Å². The average Bonchev–Trinajstić information content (AvgIpc) is 2.85. The van der Waals surface area contributed by atoms with Gasteiger partial charge in [-0.25, -0.2) is 8.42 Å². The van der Waals surface area contributed by atoms with Gasteiger partial charge in [-0.2, -0.15) is 4.31 Å². The molecule has 8 heteroatoms. The van der Waals surface area contributed by atoms with Gasteiger partial charge in [0.2, 0.25) is 10.0 Å². The zero-order valence-corrected chi connectivity index (χ0v) is 20.2. The summed E-state index contributed by atoms with van der Waals surface area (Å²) in [6.45, 7) is 1.04. The Hall–Kier alpha value is -2.81. The molecule has 3 aromatic carbocycles. The lowest BCUT2D eigenvalue weighted by Gasteiger charge is -2.25. The van der Waals surface area contributed by atoms with Gasteiger partial charge in [-0.3, -0.25) is 9.59 Å². The Labute approximate surface area is 201 Å². The molecule has 33 heavy (non-hydrogen) atoms. The Morgan fingerprint density at radius 2 is 1.48 bits per heavy atom. The number of sulfonamides is 1. The fourth-order valence-corrected chi connectivity index (χ4v) is 5.66. The van der Waals surface area contributed by atoms with Crippen LogP contribution in [-0.4, -0.2) is 37.5 Å². The molecule has 6 nitrogen and oxygen atoms in total. The predicted octanol–water partition coefficient (Wildman–Crippen LogP) is 5.11. The summed E-state index contributed by atoms with van der Waals surface area (Å²) in [6.07, 6.45) is 2.75. The summed E-state index contributed by atoms with van der Waals surface area (Å²) < 4.78 is 27.9. The number of halogens is 1. The van der Waals surface area contributed by atoms with Crippen molar-refractivity contribution < 1.29 is 18.0 Å². The maximum Gasteiger partial charge on any atom is 0.255 e. The Kier molecular flexibility index (Phi) is 7.07. The van der Waals surface area contributed by atoms with Crippen LogP contribution < -0.4 is 5.32 Å². The first-order valence-electron chi connectivity index (χ1n) is 10.7. The Bertz CT molecular complexity index is 1270. The molecule has 0 aliphatic carbocycles. The standard InChI is InChI=1S/C25H23BrN2O4S/c26-20-11-14-23(22(17-20)24(29)18-7-3-1-4-8-18)27-25(30)19-9-12-21(13-10-19)33(31,32)28-15-5-2-6-16-28/h1,3-4,7-14,17H,2,5-6,15-16H2,(H,27,30). The highest BCUT2D eigenvalue weighted by atomic mass is 79.9. The van der Waals surface area contributed by atoms with Gasteiger partial charge in [-0.05, 0) is 55.3 Å². The number of amides is 1. The van der Waals surface area contributed by atoms with E-state index in [1.165, 1.54) is 28.6 Å². The van der Waals surface area contributed by atoms with E-state index >= 15 is 0 Å². The van der Waals surface area contributed by atoms with Crippen molar-refractivity contribution in [3.8, 4) is 0 Å². The third-order valence-corrected chi connectivity index (χ3v) is 7.99. The van der Waals surface area contributed by atoms with Crippen LogP contribution in [0, 0.1) is 0 Å². The van der Waals surface area contributed by atoms with E-state index in [1.807, 2.05) is 6.07 Å². The van der Waals surface area contributed by atoms with Crippen molar-refractivity contribution in [1.82, 2.24) is 4.31 Å². The summed E-state index contributed by atoms with van der Waals surface area (Å²) in [5.74, 6) is -0.642. The van der Waals surface area contributed by atoms with Crippen LogP contribution in [0.5, 0.6) is 0 Å². The van der Waals surface area contributed by atoms with Crippen LogP contribution in [0.2, 0.25) is 0 Å². The van der Waals surface area contributed by atoms with E-state index in [0.717, 1.165) is 19.3 Å². The maximum absolute atomic E-state index is 13.0. The van der Waals surface area contributed by atoms with Crippen LogP contribution in [-0.2, 0) is 10.0 Å². The summed E-state index contributed by atoms with van der Waals surface area (Å²) >= 11 is 3.38. The topological polar surface area (TPSA) is 83.5 Å². The van der Waals surface area contributed by atoms with Crippen molar-refractivity contribution in [2.24, 2.45) is 0 Å². The zero-order valence-electron chi connectivity index (χ0n) is 17.8. The number of hydrogen-bond acceptors (Lipinski definition) is 4. The quantitative estimate of drug-likeness (QED) is 0.452. The molecule has 0 saturated carbocycles. The molecule has 0 atom stereocenters. The number of carbonyl (C=O) groups excluding carboxylic acids is 2. The van der Waals surface area contributed by atoms with E-state index in [0.29, 0.717) is 39.9 Å². The monoisotopic (exact) mass is 526 g/mol. The van der Waals surface area contributed by atoms with Gasteiger partial charge in [0.1, 0.15) is 0 Å². The summed E-state index contributed by atoms with van der Waals surface area (Å²) in [5.41, 5.74) is 1.54. The normalized spacial score (nSPS) is 14.6. The fourth-order valence-electron chi connectivity index (χ4n) is 3.79. The highest BCUT2D eigenvalue weighted by Crippen LogP contribution is 2.25. The van der Waals surface area contributed by atoms with Crippen LogP contribution in [0.25, 0.3) is 0 Å². The van der Waals surface area contributed by atoms with E-state index in [1.54, 1.807) is 42.5 Å². The van der Waals surface area contributed by atoms with Crippen molar-refractivity contribution in [1.29, 1.82) is 0 Å². The lowest BCUT2D eigenvalue weighted by molar-refractivity contribution is 0.102. The Morgan fingerprint density at radius 1 is 0.818 bits per heavy atom. The molecule has 0 unspecified atom stereocenters. The minimum absolute atomic E-state index is 0.171. The summed E-state index contributed by atoms with van der Waals surface area (Å²) in [6, 6.07) is 19.8. The van der Waals surface area contributed by atoms with E-state index < -0.39 is 15.9 Å². The largest absolute Gasteiger partial charge is 0.321 e. The molecular formula is C25H23BrN2O4S. The highest BCUT2D eigenvalue weighted by Gasteiger charge is 2.26. The summed E-state index contributed by atoms with van der Waals surface area (Å²) in [7, 11) is -3.56. The number of anilines is 1. The van der Waals surface area contributed by atoms with Crippen LogP contribution >= 0.6 is 15.9 Å². The number of piperidine rings is 1. The molecule has 3 aromatic rings. The molecule has 1 N–H and O–H groups in total. The number of carbonyl (C=O) groups is 2. The van der Waals surface area contributed by atoms with Gasteiger partial charge in [0.25, 0.3) is 5.91 Å². The smallest absolute Gasteiger partial charge is 0.255 e. The second kappa shape index (κ2) is 9.99. The maximum atomic E-state index is 13.0. The third kappa shape index (κ3) is 5.24. The molecule has 170 valence electrons. The number of rotatable bonds is 6. The molecule has 4 rings (SSSR count). The second-order valence-corrected chi connectivity index (χ2v) is 10.7. The third-order valence-electron chi connectivity index (χ3n) is 5.58. The molecular weight excluding hydrogens is 504 g/mol. The molecule has 1 saturated heterocycles. The molecule has 1 aliphatic heterocycles. The van der Waals surface area contributed by atoms with Gasteiger partial charge in [0.15, 0.2) is 5.78 Å². The lowest BCUT2D eigenvalue weighted by atomic mass is 10.0. The van der Waals surface area contributed by atoms with Crippen LogP contribution in [0.4, 0.5) is 5.69 Å². The molecule has 1 fully saturated rings. The first kappa shape index (κ1) is 23.4. The lowest BCUT2D eigenvalue weighted by Crippen LogP contribution is -2.35. The molecule has 0 radical (unpaired) electrons. The number of benzene rings is 3. The Morgan fingerprint density at radius 3 is 2.15 bits per heavy atom. The summed E-state index contributed by atoms with van der Waals surface area (Å²) in [5, 5.41) is 2.79. The van der Waals surface area contributed by atoms with Crippen LogP contribution in [0.15, 0.2) is 82.2 Å². The van der Waals surface area contributed by atoms with Gasteiger partial charge in [-0.1, -0.05) is 52.7 Å². The predicted molar refractivity (Wildman–Crippen MR) is 131 cm³/mol. The molecule has 1 amide bonds. The summed E-state index contributed by atoms with van der Waals surface area (Å²) in [4.78, 5) is 26.0. The van der Waals surface area contributed by atoms with Crippen LogP contribution in [0.1, 0.15) is 45.5 Å². The van der Waals surface area contributed by atoms with Gasteiger partial charge < -0.3 is 5.32 Å². The van der Waals surface area contributed by atoms with Gasteiger partial charge in [0, 0.05) is 34.3 Å². The van der Waals surface area contributed by atoms with E-state index in [-0.39, 0.29) is 10.7 Å². The first-order valence-corrected chi connectivity index (χ1v) is 12.9. The molecule has 0 spiro atoms. The number of nitrogens with zero attached hydrogens (tertiary/aromatic N) is 1. The van der Waals surface area contributed by atoms with E-state index in [2.05, 4.69) is 21.2 Å². The molecule has 0 aromatic heterocycles. The van der Waals surface area contributed by atoms with Gasteiger partial charge in [-0.15, -0.1) is 0 Å². The zero-order chi connectivity index (χ0) is 23.4. The van der Waals surface area contributed by atoms with Crippen molar-refractivity contribution in [2.75, 3.05) is 18.4 Å². The minimum Gasteiger partial charge on any atom is -0.321 e. The molecule has 1 heterocycles. The molecule has 0 bridgehead atoms. The first-order chi connectivity index (χ1) is 15.9. The highest BCUT2D eigenvalue weighted by molar-refractivity contribution is 9.10. The number of ketones is 1. The van der Waals surface area contributed by atoms with Gasteiger partial charge >= 0.3 is 0 Å². The average molecular weight is 527 g/mol. The Balaban J connectivity index is 1.55. The minimum atomic E-state index is -3.56. The second-order valence-electron chi connectivity index (χ2n) is 7.83. The number of nitrogens with one attached hydrogen (secondary N) is 1. The van der Waals surface area contributed by atoms with Gasteiger partial charge in [0.05, 0.1) is 10.6 Å². The van der Waals surface area contributed by atoms with E-state index in [9.17, 15) is 18.0 Å². The number of hydrogen-bond donors (Lipinski definition) is 1. The van der Waals surface area contributed by atoms with Crippen molar-refractivity contribution in [3.05, 3.63) is 94.0 Å². The van der Waals surface area contributed by atoms with Crippen molar-refractivity contribution >= 4 is 43.3 Å². The SMILES string of the molecule is O=C(Nc1ccc(Br)cc1C(=O)c1ccccc1)c1ccc(S(=O)(=O)N2CCCCC2)cc1. The van der Waals surface area contributed by atoms with Crippen molar-refractivity contribution in [3.63, 3.8) is 0 Å². The molecule has 1 aliphatic rings. The van der Waals surface area contributed by atoms with Crippen LogP contribution in [0.3, 0.4) is 0 Å².